The SMILES string of the molecule is N#Cc1cc(F)cc(Cn2ccc3ccc(Cl)cc32)c1. The maximum Gasteiger partial charge on any atom is 0.124 e. The number of halogens is 2. The number of hydrogen-bond donors (Lipinski definition) is 0. The molecule has 0 aliphatic rings. The molecule has 20 heavy (non-hydrogen) atoms. The van der Waals surface area contributed by atoms with Gasteiger partial charge in [0.05, 0.1) is 11.6 Å². The van der Waals surface area contributed by atoms with Gasteiger partial charge in [-0.2, -0.15) is 5.26 Å². The Bertz CT molecular complexity index is 830. The van der Waals surface area contributed by atoms with Gasteiger partial charge in [0.15, 0.2) is 0 Å². The molecule has 0 atom stereocenters. The summed E-state index contributed by atoms with van der Waals surface area (Å²) >= 11 is 6.01. The van der Waals surface area contributed by atoms with Crippen molar-refractivity contribution in [2.45, 2.75) is 6.54 Å². The van der Waals surface area contributed by atoms with E-state index in [1.807, 2.05) is 41.1 Å². The van der Waals surface area contributed by atoms with Crippen LogP contribution in [0.2, 0.25) is 5.02 Å². The smallest absolute Gasteiger partial charge is 0.124 e. The van der Waals surface area contributed by atoms with Crippen LogP contribution in [0.15, 0.2) is 48.7 Å². The Balaban J connectivity index is 2.03. The normalized spacial score (nSPS) is 10.7. The van der Waals surface area contributed by atoms with E-state index in [1.165, 1.54) is 12.1 Å². The van der Waals surface area contributed by atoms with Crippen LogP contribution >= 0.6 is 11.6 Å². The minimum Gasteiger partial charge on any atom is -0.343 e. The number of hydrogen-bond acceptors (Lipinski definition) is 1. The number of benzene rings is 2. The molecule has 0 bridgehead atoms. The number of rotatable bonds is 2. The topological polar surface area (TPSA) is 28.7 Å². The predicted molar refractivity (Wildman–Crippen MR) is 77.2 cm³/mol. The van der Waals surface area contributed by atoms with Crippen molar-refractivity contribution in [3.05, 3.63) is 70.6 Å². The van der Waals surface area contributed by atoms with Crippen LogP contribution in [0.1, 0.15) is 11.1 Å². The monoisotopic (exact) mass is 284 g/mol. The van der Waals surface area contributed by atoms with Gasteiger partial charge in [0.1, 0.15) is 5.82 Å². The molecule has 98 valence electrons. The lowest BCUT2D eigenvalue weighted by molar-refractivity contribution is 0.623. The first-order valence-corrected chi connectivity index (χ1v) is 6.47. The van der Waals surface area contributed by atoms with Crippen molar-refractivity contribution >= 4 is 22.5 Å². The first-order chi connectivity index (χ1) is 9.65. The summed E-state index contributed by atoms with van der Waals surface area (Å²) in [7, 11) is 0. The summed E-state index contributed by atoms with van der Waals surface area (Å²) in [6, 6.07) is 14.0. The molecule has 0 saturated carbocycles. The standard InChI is InChI=1S/C16H10ClFN2/c17-14-2-1-13-3-4-20(16(13)8-14)10-12-5-11(9-19)6-15(18)7-12/h1-8H,10H2. The summed E-state index contributed by atoms with van der Waals surface area (Å²) in [5.74, 6) is -0.395. The second kappa shape index (κ2) is 4.99. The van der Waals surface area contributed by atoms with Crippen molar-refractivity contribution in [2.75, 3.05) is 0 Å². The van der Waals surface area contributed by atoms with Crippen LogP contribution in [0.4, 0.5) is 4.39 Å². The Kier molecular flexibility index (Phi) is 3.17. The fourth-order valence-electron chi connectivity index (χ4n) is 2.30. The highest BCUT2D eigenvalue weighted by molar-refractivity contribution is 6.31. The van der Waals surface area contributed by atoms with Gasteiger partial charge in [-0.05, 0) is 47.3 Å². The van der Waals surface area contributed by atoms with Crippen molar-refractivity contribution in [3.8, 4) is 6.07 Å². The minimum atomic E-state index is -0.395. The molecular formula is C16H10ClFN2. The van der Waals surface area contributed by atoms with Crippen LogP contribution < -0.4 is 0 Å². The summed E-state index contributed by atoms with van der Waals surface area (Å²) in [6.45, 7) is 0.496. The lowest BCUT2D eigenvalue weighted by atomic mass is 10.1. The molecule has 3 rings (SSSR count). The Hall–Kier alpha value is -2.31. The van der Waals surface area contributed by atoms with E-state index in [2.05, 4.69) is 0 Å². The average molecular weight is 285 g/mol. The van der Waals surface area contributed by atoms with Crippen molar-refractivity contribution in [1.82, 2.24) is 4.57 Å². The van der Waals surface area contributed by atoms with Crippen molar-refractivity contribution in [2.24, 2.45) is 0 Å². The molecule has 1 heterocycles. The van der Waals surface area contributed by atoms with E-state index in [1.54, 1.807) is 6.07 Å². The molecule has 2 aromatic carbocycles. The fraction of sp³-hybridized carbons (Fsp3) is 0.0625. The second-order valence-corrected chi connectivity index (χ2v) is 5.04. The molecule has 0 radical (unpaired) electrons. The van der Waals surface area contributed by atoms with E-state index in [0.29, 0.717) is 17.1 Å². The first-order valence-electron chi connectivity index (χ1n) is 6.10. The van der Waals surface area contributed by atoms with Gasteiger partial charge in [0.25, 0.3) is 0 Å². The van der Waals surface area contributed by atoms with Crippen molar-refractivity contribution < 1.29 is 4.39 Å². The van der Waals surface area contributed by atoms with Gasteiger partial charge < -0.3 is 4.57 Å². The molecule has 0 aliphatic heterocycles. The summed E-state index contributed by atoms with van der Waals surface area (Å²) in [4.78, 5) is 0. The number of nitriles is 1. The van der Waals surface area contributed by atoms with Gasteiger partial charge in [-0.1, -0.05) is 17.7 Å². The molecule has 0 unspecified atom stereocenters. The summed E-state index contributed by atoms with van der Waals surface area (Å²) in [6.07, 6.45) is 1.93. The van der Waals surface area contributed by atoms with Gasteiger partial charge in [0.2, 0.25) is 0 Å². The number of aromatic nitrogens is 1. The van der Waals surface area contributed by atoms with Crippen LogP contribution in [0, 0.1) is 17.1 Å². The maximum absolute atomic E-state index is 13.4. The van der Waals surface area contributed by atoms with Crippen LogP contribution in [0.3, 0.4) is 0 Å². The van der Waals surface area contributed by atoms with E-state index < -0.39 is 5.82 Å². The van der Waals surface area contributed by atoms with E-state index >= 15 is 0 Å². The largest absolute Gasteiger partial charge is 0.343 e. The quantitative estimate of drug-likeness (QED) is 0.687. The first kappa shape index (κ1) is 12.7. The molecule has 1 aromatic heterocycles. The lowest BCUT2D eigenvalue weighted by Crippen LogP contribution is -1.99. The third kappa shape index (κ3) is 2.38. The van der Waals surface area contributed by atoms with Crippen LogP contribution in [-0.4, -0.2) is 4.57 Å². The highest BCUT2D eigenvalue weighted by Gasteiger charge is 2.05. The summed E-state index contributed by atoms with van der Waals surface area (Å²) in [5, 5.41) is 10.6. The Morgan fingerprint density at radius 1 is 1.15 bits per heavy atom. The molecule has 0 fully saturated rings. The van der Waals surface area contributed by atoms with Gasteiger partial charge >= 0.3 is 0 Å². The molecule has 0 amide bonds. The summed E-state index contributed by atoms with van der Waals surface area (Å²) in [5.41, 5.74) is 2.06. The second-order valence-electron chi connectivity index (χ2n) is 4.61. The summed E-state index contributed by atoms with van der Waals surface area (Å²) < 4.78 is 15.4. The maximum atomic E-state index is 13.4. The van der Waals surface area contributed by atoms with E-state index in [0.717, 1.165) is 16.5 Å². The van der Waals surface area contributed by atoms with Crippen LogP contribution in [-0.2, 0) is 6.54 Å². The zero-order chi connectivity index (χ0) is 14.1. The molecular weight excluding hydrogens is 275 g/mol. The van der Waals surface area contributed by atoms with Gasteiger partial charge in [-0.3, -0.25) is 0 Å². The molecule has 4 heteroatoms. The minimum absolute atomic E-state index is 0.328. The Morgan fingerprint density at radius 2 is 2.00 bits per heavy atom. The van der Waals surface area contributed by atoms with Crippen molar-refractivity contribution in [1.29, 1.82) is 5.26 Å². The van der Waals surface area contributed by atoms with E-state index in [9.17, 15) is 4.39 Å². The lowest BCUT2D eigenvalue weighted by Gasteiger charge is -2.07. The van der Waals surface area contributed by atoms with Gasteiger partial charge in [0, 0.05) is 23.3 Å². The Morgan fingerprint density at radius 3 is 2.80 bits per heavy atom. The highest BCUT2D eigenvalue weighted by Crippen LogP contribution is 2.22. The Labute approximate surface area is 120 Å². The van der Waals surface area contributed by atoms with Gasteiger partial charge in [-0.15, -0.1) is 0 Å². The molecule has 0 spiro atoms. The molecule has 0 saturated heterocycles. The predicted octanol–water partition coefficient (Wildman–Crippen LogP) is 4.35. The van der Waals surface area contributed by atoms with Crippen molar-refractivity contribution in [3.63, 3.8) is 0 Å². The number of nitrogens with zero attached hydrogens (tertiary/aromatic N) is 2. The molecule has 0 aliphatic carbocycles. The zero-order valence-corrected chi connectivity index (χ0v) is 11.2. The van der Waals surface area contributed by atoms with E-state index in [-0.39, 0.29) is 0 Å². The van der Waals surface area contributed by atoms with Crippen LogP contribution in [0.25, 0.3) is 10.9 Å². The number of fused-ring (bicyclic) bond motifs is 1. The molecule has 3 aromatic rings. The van der Waals surface area contributed by atoms with Gasteiger partial charge in [-0.25, -0.2) is 4.39 Å². The zero-order valence-electron chi connectivity index (χ0n) is 10.5. The van der Waals surface area contributed by atoms with E-state index in [4.69, 9.17) is 16.9 Å². The fourth-order valence-corrected chi connectivity index (χ4v) is 2.46. The highest BCUT2D eigenvalue weighted by atomic mass is 35.5. The third-order valence-corrected chi connectivity index (χ3v) is 3.41. The molecule has 2 nitrogen and oxygen atoms in total. The third-order valence-electron chi connectivity index (χ3n) is 3.18. The average Bonchev–Trinajstić information content (AvgIpc) is 2.80. The van der Waals surface area contributed by atoms with Crippen LogP contribution in [0.5, 0.6) is 0 Å². The molecule has 0 N–H and O–H groups in total.